The normalized spacial score (nSPS) is 16.5. The third kappa shape index (κ3) is 4.66. The van der Waals surface area contributed by atoms with E-state index in [0.717, 1.165) is 5.56 Å². The van der Waals surface area contributed by atoms with E-state index >= 15 is 0 Å². The van der Waals surface area contributed by atoms with Crippen molar-refractivity contribution in [2.45, 2.75) is 18.9 Å². The maximum absolute atomic E-state index is 14.3. The van der Waals surface area contributed by atoms with Crippen LogP contribution in [0.3, 0.4) is 0 Å². The second-order valence-corrected chi connectivity index (χ2v) is 7.54. The smallest absolute Gasteiger partial charge is 0.223 e. The highest BCUT2D eigenvalue weighted by molar-refractivity contribution is 6.30. The molecule has 4 rings (SSSR count). The highest BCUT2D eigenvalue weighted by Gasteiger charge is 2.29. The summed E-state index contributed by atoms with van der Waals surface area (Å²) >= 11 is 6.02. The zero-order chi connectivity index (χ0) is 20.9. The quantitative estimate of drug-likeness (QED) is 0.605. The molecule has 2 heterocycles. The van der Waals surface area contributed by atoms with Crippen molar-refractivity contribution in [3.63, 3.8) is 0 Å². The molecule has 0 radical (unpaired) electrons. The Morgan fingerprint density at radius 2 is 2.00 bits per heavy atom. The molecule has 0 saturated carbocycles. The molecule has 1 fully saturated rings. The molecule has 30 heavy (non-hydrogen) atoms. The SMILES string of the molecule is O=C(CCc1cccc(Cl)c1)N1CCO[C@@H](c2nccnc2-c2ccccc2F)C1. The summed E-state index contributed by atoms with van der Waals surface area (Å²) in [5.41, 5.74) is 2.37. The first kappa shape index (κ1) is 20.4. The van der Waals surface area contributed by atoms with E-state index in [1.165, 1.54) is 12.3 Å². The number of hydrogen-bond donors (Lipinski definition) is 0. The third-order valence-electron chi connectivity index (χ3n) is 5.10. The van der Waals surface area contributed by atoms with Gasteiger partial charge < -0.3 is 9.64 Å². The van der Waals surface area contributed by atoms with Crippen molar-refractivity contribution >= 4 is 17.5 Å². The van der Waals surface area contributed by atoms with Crippen LogP contribution in [0.25, 0.3) is 11.3 Å². The molecule has 2 aromatic carbocycles. The molecule has 1 saturated heterocycles. The Bertz CT molecular complexity index is 1050. The van der Waals surface area contributed by atoms with Crippen LogP contribution < -0.4 is 0 Å². The van der Waals surface area contributed by atoms with E-state index in [4.69, 9.17) is 16.3 Å². The van der Waals surface area contributed by atoms with E-state index in [1.807, 2.05) is 24.3 Å². The van der Waals surface area contributed by atoms with Crippen molar-refractivity contribution < 1.29 is 13.9 Å². The molecule has 0 spiro atoms. The lowest BCUT2D eigenvalue weighted by Gasteiger charge is -2.33. The minimum absolute atomic E-state index is 0.0413. The van der Waals surface area contributed by atoms with Crippen LogP contribution in [0.2, 0.25) is 5.02 Å². The van der Waals surface area contributed by atoms with Crippen molar-refractivity contribution in [2.75, 3.05) is 19.7 Å². The molecular weight excluding hydrogens is 405 g/mol. The number of ether oxygens (including phenoxy) is 1. The van der Waals surface area contributed by atoms with E-state index < -0.39 is 6.10 Å². The number of carbonyl (C=O) groups is 1. The Morgan fingerprint density at radius 3 is 2.83 bits per heavy atom. The average Bonchev–Trinajstić information content (AvgIpc) is 2.78. The number of aryl methyl sites for hydroxylation is 1. The van der Waals surface area contributed by atoms with Gasteiger partial charge in [-0.15, -0.1) is 0 Å². The van der Waals surface area contributed by atoms with Crippen LogP contribution in [0, 0.1) is 5.82 Å². The second kappa shape index (κ2) is 9.32. The molecule has 0 bridgehead atoms. The maximum atomic E-state index is 14.3. The number of hydrogen-bond acceptors (Lipinski definition) is 4. The highest BCUT2D eigenvalue weighted by Crippen LogP contribution is 2.30. The summed E-state index contributed by atoms with van der Waals surface area (Å²) in [6.45, 7) is 1.26. The second-order valence-electron chi connectivity index (χ2n) is 7.10. The summed E-state index contributed by atoms with van der Waals surface area (Å²) in [5.74, 6) is -0.330. The molecule has 1 aliphatic rings. The van der Waals surface area contributed by atoms with Gasteiger partial charge in [0, 0.05) is 35.9 Å². The summed E-state index contributed by atoms with van der Waals surface area (Å²) in [7, 11) is 0. The molecule has 154 valence electrons. The van der Waals surface area contributed by atoms with E-state index in [2.05, 4.69) is 9.97 Å². The van der Waals surface area contributed by atoms with Gasteiger partial charge in [0.25, 0.3) is 0 Å². The molecule has 1 aromatic heterocycles. The van der Waals surface area contributed by atoms with Crippen molar-refractivity contribution in [1.29, 1.82) is 0 Å². The van der Waals surface area contributed by atoms with Crippen LogP contribution in [-0.4, -0.2) is 40.5 Å². The molecular formula is C23H21ClFN3O2. The number of carbonyl (C=O) groups excluding carboxylic acids is 1. The van der Waals surface area contributed by atoms with E-state index in [-0.39, 0.29) is 11.7 Å². The topological polar surface area (TPSA) is 55.3 Å². The molecule has 3 aromatic rings. The van der Waals surface area contributed by atoms with E-state index in [0.29, 0.717) is 54.5 Å². The Kier molecular flexibility index (Phi) is 6.35. The Morgan fingerprint density at radius 1 is 1.17 bits per heavy atom. The minimum atomic E-state index is -0.461. The van der Waals surface area contributed by atoms with Gasteiger partial charge >= 0.3 is 0 Å². The maximum Gasteiger partial charge on any atom is 0.223 e. The number of rotatable bonds is 5. The number of benzene rings is 2. The largest absolute Gasteiger partial charge is 0.368 e. The van der Waals surface area contributed by atoms with E-state index in [1.54, 1.807) is 29.3 Å². The van der Waals surface area contributed by atoms with Crippen LogP contribution in [0.4, 0.5) is 4.39 Å². The first-order valence-corrected chi connectivity index (χ1v) is 10.2. The van der Waals surface area contributed by atoms with Gasteiger partial charge in [0.15, 0.2) is 0 Å². The minimum Gasteiger partial charge on any atom is -0.368 e. The number of halogens is 2. The van der Waals surface area contributed by atoms with Crippen LogP contribution in [-0.2, 0) is 16.0 Å². The summed E-state index contributed by atoms with van der Waals surface area (Å²) in [5, 5.41) is 0.662. The number of morpholine rings is 1. The molecule has 1 amide bonds. The van der Waals surface area contributed by atoms with Gasteiger partial charge in [-0.3, -0.25) is 14.8 Å². The van der Waals surface area contributed by atoms with Crippen molar-refractivity contribution in [2.24, 2.45) is 0 Å². The molecule has 5 nitrogen and oxygen atoms in total. The third-order valence-corrected chi connectivity index (χ3v) is 5.33. The number of nitrogens with zero attached hydrogens (tertiary/aromatic N) is 3. The van der Waals surface area contributed by atoms with Crippen molar-refractivity contribution in [1.82, 2.24) is 14.9 Å². The molecule has 7 heteroatoms. The zero-order valence-corrected chi connectivity index (χ0v) is 17.1. The van der Waals surface area contributed by atoms with Gasteiger partial charge in [-0.05, 0) is 36.2 Å². The predicted octanol–water partition coefficient (Wildman–Crippen LogP) is 4.47. The lowest BCUT2D eigenvalue weighted by Crippen LogP contribution is -2.42. The molecule has 0 N–H and O–H groups in total. The summed E-state index contributed by atoms with van der Waals surface area (Å²) in [6.07, 6.45) is 3.63. The van der Waals surface area contributed by atoms with Gasteiger partial charge in [0.1, 0.15) is 11.9 Å². The standard InChI is InChI=1S/C23H21ClFN3O2/c24-17-5-3-4-16(14-17)8-9-21(29)28-12-13-30-20(15-28)23-22(26-10-11-27-23)18-6-1-2-7-19(18)25/h1-7,10-11,14,20H,8-9,12-13,15H2/t20-/m1/s1. The fourth-order valence-electron chi connectivity index (χ4n) is 3.59. The lowest BCUT2D eigenvalue weighted by molar-refractivity contribution is -0.139. The van der Waals surface area contributed by atoms with Crippen LogP contribution in [0.1, 0.15) is 23.8 Å². The average molecular weight is 426 g/mol. The van der Waals surface area contributed by atoms with Crippen molar-refractivity contribution in [3.8, 4) is 11.3 Å². The number of aromatic nitrogens is 2. The van der Waals surface area contributed by atoms with Gasteiger partial charge in [-0.25, -0.2) is 4.39 Å². The van der Waals surface area contributed by atoms with Gasteiger partial charge in [0.2, 0.25) is 5.91 Å². The molecule has 0 aliphatic carbocycles. The molecule has 0 unspecified atom stereocenters. The summed E-state index contributed by atoms with van der Waals surface area (Å²) in [6, 6.07) is 14.0. The van der Waals surface area contributed by atoms with Crippen LogP contribution >= 0.6 is 11.6 Å². The molecule has 1 atom stereocenters. The Hall–Kier alpha value is -2.83. The Labute approximate surface area is 179 Å². The highest BCUT2D eigenvalue weighted by atomic mass is 35.5. The zero-order valence-electron chi connectivity index (χ0n) is 16.3. The van der Waals surface area contributed by atoms with Crippen LogP contribution in [0.5, 0.6) is 0 Å². The van der Waals surface area contributed by atoms with E-state index in [9.17, 15) is 9.18 Å². The van der Waals surface area contributed by atoms with Gasteiger partial charge in [-0.1, -0.05) is 35.9 Å². The fourth-order valence-corrected chi connectivity index (χ4v) is 3.80. The van der Waals surface area contributed by atoms with Gasteiger partial charge in [-0.2, -0.15) is 0 Å². The first-order chi connectivity index (χ1) is 14.6. The monoisotopic (exact) mass is 425 g/mol. The number of amides is 1. The Balaban J connectivity index is 1.48. The van der Waals surface area contributed by atoms with Crippen molar-refractivity contribution in [3.05, 3.63) is 83.0 Å². The molecule has 1 aliphatic heterocycles. The lowest BCUT2D eigenvalue weighted by atomic mass is 10.0. The summed E-state index contributed by atoms with van der Waals surface area (Å²) in [4.78, 5) is 23.3. The summed E-state index contributed by atoms with van der Waals surface area (Å²) < 4.78 is 20.2. The predicted molar refractivity (Wildman–Crippen MR) is 112 cm³/mol. The van der Waals surface area contributed by atoms with Gasteiger partial charge in [0.05, 0.1) is 24.5 Å². The first-order valence-electron chi connectivity index (χ1n) is 9.81. The van der Waals surface area contributed by atoms with Crippen LogP contribution in [0.15, 0.2) is 60.9 Å². The fraction of sp³-hybridized carbons (Fsp3) is 0.261.